The van der Waals surface area contributed by atoms with Crippen LogP contribution in [0.25, 0.3) is 0 Å². The Hall–Kier alpha value is 2.23. The number of carboxylic acid groups (broad SMARTS) is 1. The summed E-state index contributed by atoms with van der Waals surface area (Å²) in [5, 5.41) is 9.11. The van der Waals surface area contributed by atoms with Crippen molar-refractivity contribution in [3.63, 3.8) is 0 Å². The Labute approximate surface area is 334 Å². The summed E-state index contributed by atoms with van der Waals surface area (Å²) in [6, 6.07) is 0. The normalized spacial score (nSPS) is 19.9. The zero-order valence-corrected chi connectivity index (χ0v) is 40.6. The minimum atomic E-state index is -2.95. The fraction of sp³-hybridized carbons (Fsp3) is 0.970. The average molecular weight is 879 g/mol. The predicted molar refractivity (Wildman–Crippen MR) is 234 cm³/mol. The second-order valence-corrected chi connectivity index (χ2v) is 34.4. The van der Waals surface area contributed by atoms with Gasteiger partial charge in [0, 0.05) is 16.3 Å². The van der Waals surface area contributed by atoms with E-state index in [-0.39, 0.29) is 60.3 Å². The van der Waals surface area contributed by atoms with Crippen LogP contribution in [-0.2, 0) is 67.4 Å². The van der Waals surface area contributed by atoms with Crippen molar-refractivity contribution in [1.29, 1.82) is 0 Å². The van der Waals surface area contributed by atoms with Crippen molar-refractivity contribution < 1.29 is 37.0 Å². The molecule has 0 aromatic rings. The summed E-state index contributed by atoms with van der Waals surface area (Å²) in [4.78, 5) is 11.4. The molecule has 0 aliphatic heterocycles. The lowest BCUT2D eigenvalue weighted by Crippen LogP contribution is -2.17. The first kappa shape index (κ1) is 52.2. The first-order valence-electron chi connectivity index (χ1n) is 17.9. The molecule has 0 bridgehead atoms. The van der Waals surface area contributed by atoms with E-state index in [9.17, 15) is 9.90 Å². The van der Waals surface area contributed by atoms with Gasteiger partial charge in [0.2, 0.25) is 17.1 Å². The highest BCUT2D eigenvalue weighted by Crippen LogP contribution is 2.68. The van der Waals surface area contributed by atoms with Crippen molar-refractivity contribution in [2.75, 3.05) is 19.0 Å². The number of carbonyl (C=O) groups is 1. The topological polar surface area (TPSA) is 92.7 Å². The van der Waals surface area contributed by atoms with Crippen LogP contribution >= 0.6 is 51.2 Å². The Balaban J connectivity index is 5.85. The van der Waals surface area contributed by atoms with Gasteiger partial charge in [-0.25, -0.2) is 0 Å². The average Bonchev–Trinajstić information content (AvgIpc) is 2.87. The summed E-state index contributed by atoms with van der Waals surface area (Å²) in [6.45, 7) is 30.1. The van der Waals surface area contributed by atoms with Crippen LogP contribution in [0.4, 0.5) is 0 Å². The third kappa shape index (κ3) is 26.9. The van der Waals surface area contributed by atoms with Crippen LogP contribution in [0.3, 0.4) is 0 Å². The summed E-state index contributed by atoms with van der Waals surface area (Å²) >= 11 is 22.5. The van der Waals surface area contributed by atoms with Crippen LogP contribution in [0.15, 0.2) is 0 Å². The van der Waals surface area contributed by atoms with E-state index in [1.165, 1.54) is 34.1 Å². The van der Waals surface area contributed by atoms with Crippen LogP contribution < -0.4 is 0 Å². The summed E-state index contributed by atoms with van der Waals surface area (Å²) in [5.41, 5.74) is -8.40. The maximum Gasteiger partial charge on any atom is 0.304 e. The SMILES string of the molecule is CC(C)CC(C)OP(=S)(OC(C)CC(C)C)SC(C)COP(=S)(OCC(C)SP(=S)(OC(C)CC(C)C)OC(C)CC(C)C)SCCC(=O)O. The van der Waals surface area contributed by atoms with E-state index < -0.39 is 23.0 Å². The fourth-order valence-corrected chi connectivity index (χ4v) is 23.0. The first-order valence-corrected chi connectivity index (χ1v) is 30.4. The minimum absolute atomic E-state index is 0.0406. The number of rotatable bonds is 30. The zero-order chi connectivity index (χ0) is 38.9. The van der Waals surface area contributed by atoms with Gasteiger partial charge in [-0.1, -0.05) is 103 Å². The molecule has 0 aliphatic carbocycles. The molecule has 0 saturated heterocycles. The Morgan fingerprint density at radius 1 is 0.540 bits per heavy atom. The van der Waals surface area contributed by atoms with E-state index in [4.69, 9.17) is 62.6 Å². The molecule has 17 heteroatoms. The molecule has 6 unspecified atom stereocenters. The Morgan fingerprint density at radius 3 is 1.06 bits per heavy atom. The summed E-state index contributed by atoms with van der Waals surface area (Å²) in [5.74, 6) is 1.26. The predicted octanol–water partition coefficient (Wildman–Crippen LogP) is 12.9. The van der Waals surface area contributed by atoms with Crippen molar-refractivity contribution in [2.24, 2.45) is 23.7 Å². The van der Waals surface area contributed by atoms with Gasteiger partial charge in [-0.2, -0.15) is 0 Å². The minimum Gasteiger partial charge on any atom is -0.481 e. The van der Waals surface area contributed by atoms with Gasteiger partial charge in [0.1, 0.15) is 0 Å². The van der Waals surface area contributed by atoms with Crippen LogP contribution in [0.2, 0.25) is 0 Å². The fourth-order valence-electron chi connectivity index (χ4n) is 5.11. The third-order valence-corrected chi connectivity index (χ3v) is 23.2. The molecule has 0 rings (SSSR count). The lowest BCUT2D eigenvalue weighted by Gasteiger charge is -2.32. The first-order chi connectivity index (χ1) is 22.9. The second kappa shape index (κ2) is 26.2. The highest BCUT2D eigenvalue weighted by atomic mass is 32.9. The van der Waals surface area contributed by atoms with Crippen molar-refractivity contribution >= 4 is 92.6 Å². The smallest absolute Gasteiger partial charge is 0.304 e. The summed E-state index contributed by atoms with van der Waals surface area (Å²) in [7, 11) is 0. The molecular formula is C33H69O8P3S6. The van der Waals surface area contributed by atoms with Crippen molar-refractivity contribution in [2.45, 2.75) is 164 Å². The van der Waals surface area contributed by atoms with Gasteiger partial charge in [0.05, 0.1) is 44.1 Å². The zero-order valence-electron chi connectivity index (χ0n) is 33.0. The van der Waals surface area contributed by atoms with E-state index in [1.807, 2.05) is 13.8 Å². The number of hydrogen-bond donors (Lipinski definition) is 1. The van der Waals surface area contributed by atoms with E-state index in [1.54, 1.807) is 0 Å². The molecule has 50 heavy (non-hydrogen) atoms. The van der Waals surface area contributed by atoms with Crippen molar-refractivity contribution in [1.82, 2.24) is 0 Å². The van der Waals surface area contributed by atoms with E-state index in [0.29, 0.717) is 23.7 Å². The molecule has 0 amide bonds. The summed E-state index contributed by atoms with van der Waals surface area (Å²) in [6.07, 6.45) is 3.33. The molecule has 0 aliphatic rings. The van der Waals surface area contributed by atoms with Gasteiger partial charge < -0.3 is 32.2 Å². The van der Waals surface area contributed by atoms with Crippen molar-refractivity contribution in [3.8, 4) is 0 Å². The maximum atomic E-state index is 11.4. The van der Waals surface area contributed by atoms with Gasteiger partial charge in [-0.3, -0.25) is 4.79 Å². The van der Waals surface area contributed by atoms with Crippen LogP contribution in [0.5, 0.6) is 0 Å². The van der Waals surface area contributed by atoms with Gasteiger partial charge in [-0.05, 0) is 112 Å². The van der Waals surface area contributed by atoms with E-state index in [2.05, 4.69) is 83.1 Å². The second-order valence-electron chi connectivity index (χ2n) is 14.9. The lowest BCUT2D eigenvalue weighted by molar-refractivity contribution is -0.136. The highest BCUT2D eigenvalue weighted by Gasteiger charge is 2.33. The molecule has 0 spiro atoms. The van der Waals surface area contributed by atoms with E-state index in [0.717, 1.165) is 25.7 Å². The molecular weight excluding hydrogens is 810 g/mol. The molecule has 0 heterocycles. The third-order valence-electron chi connectivity index (χ3n) is 6.57. The van der Waals surface area contributed by atoms with Crippen LogP contribution in [0, 0.1) is 23.7 Å². The van der Waals surface area contributed by atoms with Crippen LogP contribution in [-0.4, -0.2) is 65.0 Å². The van der Waals surface area contributed by atoms with Gasteiger partial charge in [-0.15, -0.1) is 0 Å². The Bertz CT molecular complexity index is 986. The highest BCUT2D eigenvalue weighted by molar-refractivity contribution is 8.69. The van der Waals surface area contributed by atoms with Crippen molar-refractivity contribution in [3.05, 3.63) is 0 Å². The Kier molecular flexibility index (Phi) is 27.4. The molecule has 8 nitrogen and oxygen atoms in total. The number of carboxylic acids is 1. The lowest BCUT2D eigenvalue weighted by atomic mass is 10.1. The standard InChI is InChI=1S/C33H69O8P3S6/c1-23(2)17-27(9)38-43(46,39-28(10)18-24(3)4)49-31(13)21-36-42(45,48-16-15-33(34)35)37-22-32(14)50-44(47,40-29(11)19-25(5)6)41-30(12)20-26(7)8/h23-32H,15-22H2,1-14H3,(H,34,35). The van der Waals surface area contributed by atoms with Gasteiger partial charge in [0.15, 0.2) is 0 Å². The molecule has 0 radical (unpaired) electrons. The molecule has 0 aromatic carbocycles. The largest absolute Gasteiger partial charge is 0.481 e. The maximum absolute atomic E-state index is 11.4. The molecule has 0 aromatic heterocycles. The summed E-state index contributed by atoms with van der Waals surface area (Å²) < 4.78 is 38.7. The number of hydrogen-bond acceptors (Lipinski definition) is 13. The molecule has 1 N–H and O–H groups in total. The molecule has 0 fully saturated rings. The van der Waals surface area contributed by atoms with Gasteiger partial charge in [0.25, 0.3) is 0 Å². The number of aliphatic carboxylic acids is 1. The quantitative estimate of drug-likeness (QED) is 0.0694. The van der Waals surface area contributed by atoms with Crippen LogP contribution in [0.1, 0.15) is 129 Å². The molecule has 0 saturated carbocycles. The Morgan fingerprint density at radius 2 is 0.820 bits per heavy atom. The van der Waals surface area contributed by atoms with Gasteiger partial charge >= 0.3 is 5.97 Å². The monoisotopic (exact) mass is 878 g/mol. The van der Waals surface area contributed by atoms with E-state index >= 15 is 0 Å². The molecule has 300 valence electrons. The molecule has 6 atom stereocenters.